The number of methoxy groups -OCH3 is 1. The minimum absolute atomic E-state index is 0.0327. The van der Waals surface area contributed by atoms with Gasteiger partial charge in [0.25, 0.3) is 0 Å². The molecule has 2 fully saturated rings. The number of thiazole rings is 1. The van der Waals surface area contributed by atoms with E-state index in [1.54, 1.807) is 17.5 Å². The predicted octanol–water partition coefficient (Wildman–Crippen LogP) is 3.44. The van der Waals surface area contributed by atoms with Gasteiger partial charge in [-0.2, -0.15) is 0 Å². The van der Waals surface area contributed by atoms with Gasteiger partial charge in [-0.3, -0.25) is 4.90 Å². The molecule has 1 saturated carbocycles. The zero-order chi connectivity index (χ0) is 17.3. The lowest BCUT2D eigenvalue weighted by Crippen LogP contribution is -2.52. The highest BCUT2D eigenvalue weighted by molar-refractivity contribution is 7.09. The zero-order valence-corrected chi connectivity index (χ0v) is 15.7. The van der Waals surface area contributed by atoms with Gasteiger partial charge < -0.3 is 9.47 Å². The van der Waals surface area contributed by atoms with Crippen LogP contribution in [0.5, 0.6) is 5.88 Å². The molecule has 2 aromatic heterocycles. The van der Waals surface area contributed by atoms with E-state index in [2.05, 4.69) is 27.2 Å². The van der Waals surface area contributed by atoms with E-state index in [-0.39, 0.29) is 11.7 Å². The van der Waals surface area contributed by atoms with Crippen molar-refractivity contribution in [3.63, 3.8) is 0 Å². The lowest BCUT2D eigenvalue weighted by molar-refractivity contribution is -0.0844. The molecule has 4 rings (SSSR count). The van der Waals surface area contributed by atoms with Crippen molar-refractivity contribution >= 4 is 11.3 Å². The van der Waals surface area contributed by atoms with Crippen LogP contribution in [0.15, 0.2) is 29.8 Å². The molecule has 1 saturated heterocycles. The van der Waals surface area contributed by atoms with E-state index in [0.717, 1.165) is 49.7 Å². The van der Waals surface area contributed by atoms with Gasteiger partial charge in [-0.25, -0.2) is 9.97 Å². The number of aromatic nitrogens is 2. The molecular weight excluding hydrogens is 334 g/mol. The maximum Gasteiger partial charge on any atom is 0.213 e. The summed E-state index contributed by atoms with van der Waals surface area (Å²) in [6, 6.07) is 6.19. The monoisotopic (exact) mass is 359 g/mol. The zero-order valence-electron chi connectivity index (χ0n) is 14.9. The molecule has 25 heavy (non-hydrogen) atoms. The number of hydrogen-bond acceptors (Lipinski definition) is 6. The van der Waals surface area contributed by atoms with Gasteiger partial charge in [0.15, 0.2) is 0 Å². The van der Waals surface area contributed by atoms with Crippen LogP contribution in [0, 0.1) is 6.92 Å². The van der Waals surface area contributed by atoms with E-state index < -0.39 is 0 Å². The molecule has 0 amide bonds. The number of aryl methyl sites for hydroxylation is 1. The third-order valence-corrected chi connectivity index (χ3v) is 6.43. The predicted molar refractivity (Wildman–Crippen MR) is 97.9 cm³/mol. The minimum atomic E-state index is -0.0327. The molecule has 134 valence electrons. The Balaban J connectivity index is 1.48. The SMILES string of the molecule is CO[C@@]12CC[C@@H](Oc3ccccn3)C[C@@H]1N(Cc1csc(C)n1)CC2. The second-order valence-corrected chi connectivity index (χ2v) is 8.11. The van der Waals surface area contributed by atoms with Crippen LogP contribution in [0.2, 0.25) is 0 Å². The third kappa shape index (κ3) is 3.43. The van der Waals surface area contributed by atoms with Crippen molar-refractivity contribution in [1.82, 2.24) is 14.9 Å². The van der Waals surface area contributed by atoms with Crippen molar-refractivity contribution in [2.75, 3.05) is 13.7 Å². The first-order valence-corrected chi connectivity index (χ1v) is 9.84. The molecule has 0 N–H and O–H groups in total. The second kappa shape index (κ2) is 7.02. The van der Waals surface area contributed by atoms with Gasteiger partial charge in [0, 0.05) is 50.3 Å². The molecular formula is C19H25N3O2S. The standard InChI is InChI=1S/C19H25N3O2S/c1-14-21-15(13-25-14)12-22-10-8-19(23-2)7-6-16(11-17(19)22)24-18-5-3-4-9-20-18/h3-5,9,13,16-17H,6-8,10-12H2,1-2H3/t16-,17+,19-/m1/s1. The summed E-state index contributed by atoms with van der Waals surface area (Å²) in [5.74, 6) is 0.720. The van der Waals surface area contributed by atoms with Crippen LogP contribution in [0.4, 0.5) is 0 Å². The van der Waals surface area contributed by atoms with Crippen molar-refractivity contribution in [3.05, 3.63) is 40.5 Å². The van der Waals surface area contributed by atoms with Crippen LogP contribution in [0.25, 0.3) is 0 Å². The van der Waals surface area contributed by atoms with E-state index in [1.165, 1.54) is 5.69 Å². The van der Waals surface area contributed by atoms with Crippen LogP contribution >= 0.6 is 11.3 Å². The highest BCUT2D eigenvalue weighted by atomic mass is 32.1. The Morgan fingerprint density at radius 2 is 2.28 bits per heavy atom. The lowest BCUT2D eigenvalue weighted by Gasteiger charge is -2.43. The fourth-order valence-electron chi connectivity index (χ4n) is 4.33. The van der Waals surface area contributed by atoms with Crippen molar-refractivity contribution in [2.45, 2.75) is 56.9 Å². The normalized spacial score (nSPS) is 29.5. The number of pyridine rings is 1. The Morgan fingerprint density at radius 3 is 3.00 bits per heavy atom. The Labute approximate surface area is 153 Å². The van der Waals surface area contributed by atoms with E-state index in [4.69, 9.17) is 9.47 Å². The number of hydrogen-bond donors (Lipinski definition) is 0. The van der Waals surface area contributed by atoms with Gasteiger partial charge in [-0.15, -0.1) is 11.3 Å². The van der Waals surface area contributed by atoms with E-state index in [1.807, 2.05) is 25.3 Å². The average Bonchev–Trinajstić information content (AvgIpc) is 3.21. The van der Waals surface area contributed by atoms with Gasteiger partial charge in [0.05, 0.1) is 16.3 Å². The van der Waals surface area contributed by atoms with Crippen LogP contribution in [-0.4, -0.2) is 46.3 Å². The summed E-state index contributed by atoms with van der Waals surface area (Å²) >= 11 is 1.72. The first kappa shape index (κ1) is 16.9. The molecule has 5 nitrogen and oxygen atoms in total. The number of fused-ring (bicyclic) bond motifs is 1. The Bertz CT molecular complexity index is 708. The number of likely N-dealkylation sites (tertiary alicyclic amines) is 1. The van der Waals surface area contributed by atoms with Crippen molar-refractivity contribution in [3.8, 4) is 5.88 Å². The highest BCUT2D eigenvalue weighted by Gasteiger charge is 2.51. The second-order valence-electron chi connectivity index (χ2n) is 7.05. The molecule has 1 aliphatic heterocycles. The lowest BCUT2D eigenvalue weighted by atomic mass is 9.79. The molecule has 2 aliphatic rings. The number of rotatable bonds is 5. The van der Waals surface area contributed by atoms with Crippen molar-refractivity contribution in [1.29, 1.82) is 0 Å². The first-order valence-electron chi connectivity index (χ1n) is 8.96. The molecule has 0 bridgehead atoms. The Morgan fingerprint density at radius 1 is 1.36 bits per heavy atom. The maximum atomic E-state index is 6.15. The molecule has 1 aliphatic carbocycles. The van der Waals surface area contributed by atoms with E-state index in [0.29, 0.717) is 6.04 Å². The van der Waals surface area contributed by atoms with E-state index in [9.17, 15) is 0 Å². The molecule has 3 atom stereocenters. The summed E-state index contributed by atoms with van der Waals surface area (Å²) in [5.41, 5.74) is 1.14. The minimum Gasteiger partial charge on any atom is -0.474 e. The summed E-state index contributed by atoms with van der Waals surface area (Å²) in [6.45, 7) is 4.02. The molecule has 0 aromatic carbocycles. The van der Waals surface area contributed by atoms with Crippen LogP contribution in [0.3, 0.4) is 0 Å². The Hall–Kier alpha value is -1.50. The van der Waals surface area contributed by atoms with Gasteiger partial charge in [0.1, 0.15) is 6.10 Å². The molecule has 0 unspecified atom stereocenters. The van der Waals surface area contributed by atoms with Crippen LogP contribution in [-0.2, 0) is 11.3 Å². The van der Waals surface area contributed by atoms with Gasteiger partial charge in [-0.05, 0) is 32.3 Å². The number of ether oxygens (including phenoxy) is 2. The van der Waals surface area contributed by atoms with Crippen molar-refractivity contribution in [2.24, 2.45) is 0 Å². The highest BCUT2D eigenvalue weighted by Crippen LogP contribution is 2.43. The quantitative estimate of drug-likeness (QED) is 0.818. The van der Waals surface area contributed by atoms with Crippen LogP contribution < -0.4 is 4.74 Å². The third-order valence-electron chi connectivity index (χ3n) is 5.61. The summed E-state index contributed by atoms with van der Waals surface area (Å²) in [4.78, 5) is 11.5. The van der Waals surface area contributed by atoms with Gasteiger partial charge in [-0.1, -0.05) is 6.07 Å². The fraction of sp³-hybridized carbons (Fsp3) is 0.579. The van der Waals surface area contributed by atoms with Crippen LogP contribution in [0.1, 0.15) is 36.4 Å². The molecule has 3 heterocycles. The van der Waals surface area contributed by atoms with E-state index >= 15 is 0 Å². The molecule has 0 radical (unpaired) electrons. The maximum absolute atomic E-state index is 6.15. The first-order chi connectivity index (χ1) is 12.2. The molecule has 2 aromatic rings. The smallest absolute Gasteiger partial charge is 0.213 e. The molecule has 0 spiro atoms. The summed E-state index contributed by atoms with van der Waals surface area (Å²) in [6.07, 6.45) is 6.11. The number of nitrogens with zero attached hydrogens (tertiary/aromatic N) is 3. The average molecular weight is 359 g/mol. The largest absolute Gasteiger partial charge is 0.474 e. The molecule has 6 heteroatoms. The Kier molecular flexibility index (Phi) is 4.75. The summed E-state index contributed by atoms with van der Waals surface area (Å²) in [5, 5.41) is 3.31. The summed E-state index contributed by atoms with van der Waals surface area (Å²) in [7, 11) is 1.86. The van der Waals surface area contributed by atoms with Crippen molar-refractivity contribution < 1.29 is 9.47 Å². The fourth-order valence-corrected chi connectivity index (χ4v) is 4.93. The van der Waals surface area contributed by atoms with Gasteiger partial charge in [0.2, 0.25) is 5.88 Å². The summed E-state index contributed by atoms with van der Waals surface area (Å²) < 4.78 is 12.2. The van der Waals surface area contributed by atoms with Gasteiger partial charge >= 0.3 is 0 Å². The topological polar surface area (TPSA) is 47.5 Å².